The van der Waals surface area contributed by atoms with Gasteiger partial charge in [0.05, 0.1) is 6.61 Å². The zero-order chi connectivity index (χ0) is 21.2. The van der Waals surface area contributed by atoms with Crippen molar-refractivity contribution in [3.8, 4) is 5.75 Å². The summed E-state index contributed by atoms with van der Waals surface area (Å²) >= 11 is 5.91. The van der Waals surface area contributed by atoms with Gasteiger partial charge in [-0.05, 0) is 37.1 Å². The van der Waals surface area contributed by atoms with E-state index >= 15 is 0 Å². The summed E-state index contributed by atoms with van der Waals surface area (Å²) < 4.78 is 10.7. The first-order valence-electron chi connectivity index (χ1n) is 11.7. The van der Waals surface area contributed by atoms with Crippen LogP contribution in [-0.4, -0.2) is 19.2 Å². The maximum Gasteiger partial charge on any atom is 0.344 e. The fourth-order valence-corrected chi connectivity index (χ4v) is 3.66. The van der Waals surface area contributed by atoms with Crippen molar-refractivity contribution in [1.82, 2.24) is 0 Å². The molecule has 0 saturated carbocycles. The van der Waals surface area contributed by atoms with Crippen molar-refractivity contribution in [3.05, 3.63) is 28.8 Å². The smallest absolute Gasteiger partial charge is 0.344 e. The van der Waals surface area contributed by atoms with E-state index < -0.39 is 0 Å². The van der Waals surface area contributed by atoms with Gasteiger partial charge in [-0.1, -0.05) is 102 Å². The Kier molecular flexibility index (Phi) is 15.7. The summed E-state index contributed by atoms with van der Waals surface area (Å²) in [6.07, 6.45) is 18.5. The Bertz CT molecular complexity index is 545. The predicted octanol–water partition coefficient (Wildman–Crippen LogP) is 8.05. The Morgan fingerprint density at radius 3 is 1.86 bits per heavy atom. The molecule has 0 atom stereocenters. The van der Waals surface area contributed by atoms with E-state index in [1.165, 1.54) is 77.0 Å². The molecular formula is C25H41ClO3. The Hall–Kier alpha value is -1.22. The lowest BCUT2D eigenvalue weighted by Crippen LogP contribution is -2.15. The zero-order valence-electron chi connectivity index (χ0n) is 18.6. The van der Waals surface area contributed by atoms with Crippen LogP contribution in [0.1, 0.15) is 102 Å². The molecule has 3 nitrogen and oxygen atoms in total. The molecule has 166 valence electrons. The van der Waals surface area contributed by atoms with Crippen LogP contribution in [-0.2, 0) is 9.53 Å². The predicted molar refractivity (Wildman–Crippen MR) is 123 cm³/mol. The number of halogens is 1. The normalized spacial score (nSPS) is 10.9. The molecule has 0 aliphatic heterocycles. The van der Waals surface area contributed by atoms with Gasteiger partial charge in [-0.15, -0.1) is 0 Å². The molecule has 0 heterocycles. The lowest BCUT2D eigenvalue weighted by Gasteiger charge is -2.09. The van der Waals surface area contributed by atoms with Gasteiger partial charge in [-0.2, -0.15) is 0 Å². The van der Waals surface area contributed by atoms with Crippen molar-refractivity contribution >= 4 is 17.6 Å². The zero-order valence-corrected chi connectivity index (χ0v) is 19.4. The Morgan fingerprint density at radius 1 is 0.828 bits per heavy atom. The fraction of sp³-hybridized carbons (Fsp3) is 0.720. The summed E-state index contributed by atoms with van der Waals surface area (Å²) in [6.45, 7) is 4.61. The molecule has 4 heteroatoms. The molecular weight excluding hydrogens is 384 g/mol. The molecule has 0 unspecified atom stereocenters. The number of unbranched alkanes of at least 4 members (excludes halogenated alkanes) is 13. The summed E-state index contributed by atoms with van der Waals surface area (Å²) in [4.78, 5) is 11.8. The maximum absolute atomic E-state index is 11.8. The first kappa shape index (κ1) is 25.8. The van der Waals surface area contributed by atoms with Gasteiger partial charge >= 0.3 is 5.97 Å². The van der Waals surface area contributed by atoms with Gasteiger partial charge in [0.2, 0.25) is 0 Å². The second-order valence-electron chi connectivity index (χ2n) is 8.02. The van der Waals surface area contributed by atoms with Crippen LogP contribution in [0.4, 0.5) is 0 Å². The van der Waals surface area contributed by atoms with Crippen molar-refractivity contribution in [1.29, 1.82) is 0 Å². The molecule has 0 aliphatic rings. The summed E-state index contributed by atoms with van der Waals surface area (Å²) in [5.41, 5.74) is 0.914. The van der Waals surface area contributed by atoms with E-state index in [1.807, 2.05) is 13.0 Å². The van der Waals surface area contributed by atoms with Crippen LogP contribution in [0.3, 0.4) is 0 Å². The minimum atomic E-state index is -0.311. The average Bonchev–Trinajstić information content (AvgIpc) is 2.70. The second-order valence-corrected chi connectivity index (χ2v) is 8.45. The molecule has 0 fully saturated rings. The number of ether oxygens (including phenoxy) is 2. The van der Waals surface area contributed by atoms with Gasteiger partial charge in [0, 0.05) is 5.02 Å². The standard InChI is InChI=1S/C25H41ClO3/c1-3-4-5-6-7-8-9-10-11-12-13-14-15-16-19-28-25(27)21-29-24-18-17-23(26)20-22(24)2/h17-18,20H,3-16,19,21H2,1-2H3. The number of carbonyl (C=O) groups excluding carboxylic acids is 1. The van der Waals surface area contributed by atoms with E-state index in [9.17, 15) is 4.79 Å². The largest absolute Gasteiger partial charge is 0.482 e. The molecule has 0 aromatic heterocycles. The van der Waals surface area contributed by atoms with E-state index in [0.717, 1.165) is 18.4 Å². The average molecular weight is 425 g/mol. The van der Waals surface area contributed by atoms with Gasteiger partial charge in [0.25, 0.3) is 0 Å². The maximum atomic E-state index is 11.8. The minimum Gasteiger partial charge on any atom is -0.482 e. The molecule has 0 saturated heterocycles. The van der Waals surface area contributed by atoms with Crippen LogP contribution in [0, 0.1) is 6.92 Å². The lowest BCUT2D eigenvalue weighted by molar-refractivity contribution is -0.146. The molecule has 0 spiro atoms. The second kappa shape index (κ2) is 17.6. The number of benzene rings is 1. The highest BCUT2D eigenvalue weighted by Crippen LogP contribution is 2.21. The van der Waals surface area contributed by atoms with Crippen LogP contribution < -0.4 is 4.74 Å². The number of hydrogen-bond donors (Lipinski definition) is 0. The van der Waals surface area contributed by atoms with Crippen LogP contribution in [0.5, 0.6) is 5.75 Å². The van der Waals surface area contributed by atoms with Crippen molar-refractivity contribution < 1.29 is 14.3 Å². The molecule has 0 N–H and O–H groups in total. The van der Waals surface area contributed by atoms with E-state index in [1.54, 1.807) is 12.1 Å². The van der Waals surface area contributed by atoms with Crippen LogP contribution in [0.25, 0.3) is 0 Å². The highest BCUT2D eigenvalue weighted by atomic mass is 35.5. The summed E-state index contributed by atoms with van der Waals surface area (Å²) in [5, 5.41) is 0.662. The van der Waals surface area contributed by atoms with Crippen molar-refractivity contribution in [2.45, 2.75) is 104 Å². The number of hydrogen-bond acceptors (Lipinski definition) is 3. The number of rotatable bonds is 18. The minimum absolute atomic E-state index is 0.0545. The third-order valence-corrected chi connectivity index (χ3v) is 5.48. The molecule has 0 radical (unpaired) electrons. The molecule has 0 aliphatic carbocycles. The Labute approximate surface area is 183 Å². The van der Waals surface area contributed by atoms with Gasteiger partial charge in [0.15, 0.2) is 6.61 Å². The van der Waals surface area contributed by atoms with Gasteiger partial charge in [0.1, 0.15) is 5.75 Å². The van der Waals surface area contributed by atoms with Crippen LogP contribution >= 0.6 is 11.6 Å². The molecule has 0 bridgehead atoms. The Balaban J connectivity index is 1.85. The van der Waals surface area contributed by atoms with Gasteiger partial charge < -0.3 is 9.47 Å². The van der Waals surface area contributed by atoms with E-state index in [0.29, 0.717) is 17.4 Å². The molecule has 0 amide bonds. The molecule has 1 rings (SSSR count). The van der Waals surface area contributed by atoms with E-state index in [-0.39, 0.29) is 12.6 Å². The molecule has 1 aromatic rings. The molecule has 29 heavy (non-hydrogen) atoms. The van der Waals surface area contributed by atoms with Crippen LogP contribution in [0.2, 0.25) is 5.02 Å². The van der Waals surface area contributed by atoms with Crippen molar-refractivity contribution in [2.24, 2.45) is 0 Å². The topological polar surface area (TPSA) is 35.5 Å². The highest BCUT2D eigenvalue weighted by molar-refractivity contribution is 6.30. The number of carbonyl (C=O) groups is 1. The Morgan fingerprint density at radius 2 is 1.34 bits per heavy atom. The van der Waals surface area contributed by atoms with Crippen LogP contribution in [0.15, 0.2) is 18.2 Å². The SMILES string of the molecule is CCCCCCCCCCCCCCCCOC(=O)COc1ccc(Cl)cc1C. The lowest BCUT2D eigenvalue weighted by atomic mass is 10.0. The van der Waals surface area contributed by atoms with Crippen molar-refractivity contribution in [2.75, 3.05) is 13.2 Å². The monoisotopic (exact) mass is 424 g/mol. The number of esters is 1. The van der Waals surface area contributed by atoms with E-state index in [2.05, 4.69) is 6.92 Å². The highest BCUT2D eigenvalue weighted by Gasteiger charge is 2.06. The third kappa shape index (κ3) is 14.4. The summed E-state index contributed by atoms with van der Waals surface area (Å²) in [7, 11) is 0. The quantitative estimate of drug-likeness (QED) is 0.176. The first-order chi connectivity index (χ1) is 14.1. The van der Waals surface area contributed by atoms with Gasteiger partial charge in [-0.25, -0.2) is 4.79 Å². The fourth-order valence-electron chi connectivity index (χ4n) is 3.44. The van der Waals surface area contributed by atoms with Gasteiger partial charge in [-0.3, -0.25) is 0 Å². The third-order valence-electron chi connectivity index (χ3n) is 5.24. The summed E-state index contributed by atoms with van der Waals surface area (Å²) in [5.74, 6) is 0.358. The van der Waals surface area contributed by atoms with E-state index in [4.69, 9.17) is 21.1 Å². The molecule has 1 aromatic carbocycles. The summed E-state index contributed by atoms with van der Waals surface area (Å²) in [6, 6.07) is 5.35. The number of aryl methyl sites for hydroxylation is 1. The van der Waals surface area contributed by atoms with Crippen molar-refractivity contribution in [3.63, 3.8) is 0 Å². The first-order valence-corrected chi connectivity index (χ1v) is 12.1.